The van der Waals surface area contributed by atoms with E-state index < -0.39 is 0 Å². The van der Waals surface area contributed by atoms with E-state index in [4.69, 9.17) is 16.3 Å². The van der Waals surface area contributed by atoms with Crippen molar-refractivity contribution in [2.75, 3.05) is 10.6 Å². The maximum Gasteiger partial charge on any atom is 0.258 e. The molecule has 3 aromatic rings. The second-order valence-electron chi connectivity index (χ2n) is 6.61. The van der Waals surface area contributed by atoms with E-state index in [1.807, 2.05) is 36.4 Å². The molecule has 142 valence electrons. The van der Waals surface area contributed by atoms with E-state index in [2.05, 4.69) is 20.6 Å². The van der Waals surface area contributed by atoms with E-state index in [0.29, 0.717) is 40.6 Å². The summed E-state index contributed by atoms with van der Waals surface area (Å²) in [7, 11) is 0. The Labute approximate surface area is 167 Å². The van der Waals surface area contributed by atoms with Gasteiger partial charge in [-0.25, -0.2) is 9.97 Å². The summed E-state index contributed by atoms with van der Waals surface area (Å²) < 4.78 is 5.74. The van der Waals surface area contributed by atoms with Crippen molar-refractivity contribution in [3.63, 3.8) is 0 Å². The molecule has 6 nitrogen and oxygen atoms in total. The maximum absolute atomic E-state index is 12.3. The lowest BCUT2D eigenvalue weighted by Crippen LogP contribution is -2.13. The quantitative estimate of drug-likeness (QED) is 0.615. The fraction of sp³-hybridized carbons (Fsp3) is 0.190. The van der Waals surface area contributed by atoms with Crippen LogP contribution >= 0.6 is 11.6 Å². The SMILES string of the molecule is O=C(Nc1ccc(OCc2ccc(Cl)cc2)cc1)c1cnc(NC2CC2)nc1. The number of amides is 1. The van der Waals surface area contributed by atoms with Gasteiger partial charge in [0, 0.05) is 29.1 Å². The van der Waals surface area contributed by atoms with E-state index in [1.54, 1.807) is 12.1 Å². The van der Waals surface area contributed by atoms with Gasteiger partial charge in [-0.3, -0.25) is 4.79 Å². The molecule has 1 amide bonds. The Morgan fingerprint density at radius 3 is 2.36 bits per heavy atom. The van der Waals surface area contributed by atoms with Crippen LogP contribution in [0, 0.1) is 0 Å². The summed E-state index contributed by atoms with van der Waals surface area (Å²) >= 11 is 5.88. The summed E-state index contributed by atoms with van der Waals surface area (Å²) in [6.45, 7) is 0.446. The van der Waals surface area contributed by atoms with Gasteiger partial charge in [0.15, 0.2) is 0 Å². The first kappa shape index (κ1) is 18.3. The van der Waals surface area contributed by atoms with Crippen LogP contribution in [0.5, 0.6) is 5.75 Å². The molecule has 0 aliphatic heterocycles. The predicted octanol–water partition coefficient (Wildman–Crippen LogP) is 4.54. The number of benzene rings is 2. The summed E-state index contributed by atoms with van der Waals surface area (Å²) in [5.41, 5.74) is 2.11. The second-order valence-corrected chi connectivity index (χ2v) is 7.04. The van der Waals surface area contributed by atoms with E-state index in [1.165, 1.54) is 12.4 Å². The van der Waals surface area contributed by atoms with Gasteiger partial charge in [0.2, 0.25) is 5.95 Å². The van der Waals surface area contributed by atoms with Crippen LogP contribution in [-0.2, 0) is 6.61 Å². The molecule has 0 spiro atoms. The minimum atomic E-state index is -0.257. The lowest BCUT2D eigenvalue weighted by molar-refractivity contribution is 0.102. The van der Waals surface area contributed by atoms with Gasteiger partial charge in [-0.05, 0) is 54.8 Å². The molecule has 1 aliphatic carbocycles. The molecule has 0 radical (unpaired) electrons. The first-order valence-corrected chi connectivity index (χ1v) is 9.41. The second kappa shape index (κ2) is 8.27. The largest absolute Gasteiger partial charge is 0.489 e. The van der Waals surface area contributed by atoms with Crippen LogP contribution in [0.1, 0.15) is 28.8 Å². The molecule has 1 aromatic heterocycles. The average Bonchev–Trinajstić information content (AvgIpc) is 3.53. The van der Waals surface area contributed by atoms with Gasteiger partial charge in [-0.15, -0.1) is 0 Å². The molecule has 1 saturated carbocycles. The lowest BCUT2D eigenvalue weighted by Gasteiger charge is -2.09. The number of hydrogen-bond acceptors (Lipinski definition) is 5. The van der Waals surface area contributed by atoms with E-state index >= 15 is 0 Å². The monoisotopic (exact) mass is 394 g/mol. The molecule has 1 heterocycles. The molecule has 0 saturated heterocycles. The highest BCUT2D eigenvalue weighted by atomic mass is 35.5. The Morgan fingerprint density at radius 1 is 1.04 bits per heavy atom. The third kappa shape index (κ3) is 4.98. The zero-order chi connectivity index (χ0) is 19.3. The van der Waals surface area contributed by atoms with Crippen LogP contribution in [-0.4, -0.2) is 21.9 Å². The van der Waals surface area contributed by atoms with Crippen molar-refractivity contribution in [3.8, 4) is 5.75 Å². The lowest BCUT2D eigenvalue weighted by atomic mass is 10.2. The highest BCUT2D eigenvalue weighted by Gasteiger charge is 2.21. The zero-order valence-corrected chi connectivity index (χ0v) is 15.8. The van der Waals surface area contributed by atoms with Gasteiger partial charge in [0.1, 0.15) is 12.4 Å². The van der Waals surface area contributed by atoms with Crippen LogP contribution in [0.4, 0.5) is 11.6 Å². The minimum absolute atomic E-state index is 0.257. The van der Waals surface area contributed by atoms with Crippen molar-refractivity contribution < 1.29 is 9.53 Å². The number of aromatic nitrogens is 2. The van der Waals surface area contributed by atoms with Gasteiger partial charge in [0.05, 0.1) is 5.56 Å². The molecule has 7 heteroatoms. The average molecular weight is 395 g/mol. The topological polar surface area (TPSA) is 76.1 Å². The van der Waals surface area contributed by atoms with Crippen LogP contribution in [0.2, 0.25) is 5.02 Å². The van der Waals surface area contributed by atoms with Crippen molar-refractivity contribution in [3.05, 3.63) is 77.1 Å². The van der Waals surface area contributed by atoms with Crippen LogP contribution in [0.3, 0.4) is 0 Å². The molecular weight excluding hydrogens is 376 g/mol. The summed E-state index contributed by atoms with van der Waals surface area (Å²) in [4.78, 5) is 20.7. The number of carbonyl (C=O) groups is 1. The number of ether oxygens (including phenoxy) is 1. The molecule has 28 heavy (non-hydrogen) atoms. The number of anilines is 2. The molecule has 1 aliphatic rings. The Kier molecular flexibility index (Phi) is 5.39. The molecule has 2 aromatic carbocycles. The molecule has 0 bridgehead atoms. The Bertz CT molecular complexity index is 940. The first-order chi connectivity index (χ1) is 13.7. The minimum Gasteiger partial charge on any atom is -0.489 e. The molecule has 0 atom stereocenters. The summed E-state index contributed by atoms with van der Waals surface area (Å²) in [5.74, 6) is 1.01. The molecular formula is C21H19ClN4O2. The first-order valence-electron chi connectivity index (χ1n) is 9.03. The van der Waals surface area contributed by atoms with Crippen molar-refractivity contribution >= 4 is 29.1 Å². The van der Waals surface area contributed by atoms with Gasteiger partial charge in [0.25, 0.3) is 5.91 Å². The highest BCUT2D eigenvalue weighted by molar-refractivity contribution is 6.30. The molecule has 0 unspecified atom stereocenters. The molecule has 2 N–H and O–H groups in total. The number of halogens is 1. The summed E-state index contributed by atoms with van der Waals surface area (Å²) in [6, 6.07) is 15.2. The smallest absolute Gasteiger partial charge is 0.258 e. The molecule has 1 fully saturated rings. The summed E-state index contributed by atoms with van der Waals surface area (Å²) in [6.07, 6.45) is 5.34. The predicted molar refractivity (Wildman–Crippen MR) is 109 cm³/mol. The van der Waals surface area contributed by atoms with Crippen molar-refractivity contribution in [2.45, 2.75) is 25.5 Å². The Hall–Kier alpha value is -3.12. The Morgan fingerprint density at radius 2 is 1.71 bits per heavy atom. The van der Waals surface area contributed by atoms with Crippen LogP contribution in [0.25, 0.3) is 0 Å². The van der Waals surface area contributed by atoms with E-state index in [9.17, 15) is 4.79 Å². The number of nitrogens with zero attached hydrogens (tertiary/aromatic N) is 2. The zero-order valence-electron chi connectivity index (χ0n) is 15.1. The number of rotatable bonds is 7. The number of nitrogens with one attached hydrogen (secondary N) is 2. The maximum atomic E-state index is 12.3. The van der Waals surface area contributed by atoms with E-state index in [-0.39, 0.29) is 5.91 Å². The van der Waals surface area contributed by atoms with Crippen LogP contribution < -0.4 is 15.4 Å². The van der Waals surface area contributed by atoms with Crippen LogP contribution in [0.15, 0.2) is 60.9 Å². The Balaban J connectivity index is 1.30. The highest BCUT2D eigenvalue weighted by Crippen LogP contribution is 2.23. The third-order valence-electron chi connectivity index (χ3n) is 4.26. The van der Waals surface area contributed by atoms with Gasteiger partial charge in [-0.1, -0.05) is 23.7 Å². The fourth-order valence-electron chi connectivity index (χ4n) is 2.52. The van der Waals surface area contributed by atoms with Crippen molar-refractivity contribution in [1.29, 1.82) is 0 Å². The third-order valence-corrected chi connectivity index (χ3v) is 4.51. The van der Waals surface area contributed by atoms with Crippen molar-refractivity contribution in [2.24, 2.45) is 0 Å². The van der Waals surface area contributed by atoms with Gasteiger partial charge >= 0.3 is 0 Å². The number of hydrogen-bond donors (Lipinski definition) is 2. The molecule has 4 rings (SSSR count). The van der Waals surface area contributed by atoms with Gasteiger partial charge in [-0.2, -0.15) is 0 Å². The fourth-order valence-corrected chi connectivity index (χ4v) is 2.64. The van der Waals surface area contributed by atoms with E-state index in [0.717, 1.165) is 18.4 Å². The van der Waals surface area contributed by atoms with Crippen molar-refractivity contribution in [1.82, 2.24) is 9.97 Å². The normalized spacial score (nSPS) is 13.0. The summed E-state index contributed by atoms with van der Waals surface area (Å²) in [5, 5.41) is 6.72. The standard InChI is InChI=1S/C21H19ClN4O2/c22-16-3-1-14(2-4-16)13-28-19-9-7-17(8-10-19)25-20(27)15-11-23-21(24-12-15)26-18-5-6-18/h1-4,7-12,18H,5-6,13H2,(H,25,27)(H,23,24,26). The van der Waals surface area contributed by atoms with Gasteiger partial charge < -0.3 is 15.4 Å². The number of carbonyl (C=O) groups excluding carboxylic acids is 1.